The Hall–Kier alpha value is -3.25. The Morgan fingerprint density at radius 2 is 1.74 bits per heavy atom. The minimum Gasteiger partial charge on any atom is -0.482 e. The number of rotatable bonds is 7. The van der Waals surface area contributed by atoms with Gasteiger partial charge in [0.15, 0.2) is 6.61 Å². The molecule has 10 heteroatoms. The first-order valence-corrected chi connectivity index (χ1v) is 11.0. The van der Waals surface area contributed by atoms with E-state index < -0.39 is 15.9 Å². The van der Waals surface area contributed by atoms with Crippen molar-refractivity contribution in [2.24, 2.45) is 0 Å². The van der Waals surface area contributed by atoms with E-state index in [9.17, 15) is 13.2 Å². The summed E-state index contributed by atoms with van der Waals surface area (Å²) in [5, 5.41) is 12.0. The van der Waals surface area contributed by atoms with Crippen molar-refractivity contribution in [1.82, 2.24) is 0 Å². The molecule has 0 bridgehead atoms. The molecule has 1 amide bonds. The SMILES string of the molecule is N#Cc1cccc(NC(=O)COc2ccc(S(=O)(=O)Nc3ccc(Cl)cc3)cc2Cl)c1. The van der Waals surface area contributed by atoms with Gasteiger partial charge in [-0.3, -0.25) is 9.52 Å². The highest BCUT2D eigenvalue weighted by Gasteiger charge is 2.17. The molecule has 0 heterocycles. The van der Waals surface area contributed by atoms with Crippen LogP contribution in [0.4, 0.5) is 11.4 Å². The van der Waals surface area contributed by atoms with Gasteiger partial charge in [0.05, 0.1) is 21.6 Å². The van der Waals surface area contributed by atoms with Crippen LogP contribution >= 0.6 is 23.2 Å². The van der Waals surface area contributed by atoms with Gasteiger partial charge in [0, 0.05) is 16.4 Å². The summed E-state index contributed by atoms with van der Waals surface area (Å²) in [6.45, 7) is -0.356. The van der Waals surface area contributed by atoms with Crippen molar-refractivity contribution in [2.45, 2.75) is 4.90 Å². The van der Waals surface area contributed by atoms with E-state index in [0.29, 0.717) is 22.0 Å². The average molecular weight is 476 g/mol. The number of halogens is 2. The van der Waals surface area contributed by atoms with Gasteiger partial charge >= 0.3 is 0 Å². The second kappa shape index (κ2) is 9.71. The zero-order valence-corrected chi connectivity index (χ0v) is 18.1. The smallest absolute Gasteiger partial charge is 0.262 e. The third-order valence-electron chi connectivity index (χ3n) is 3.94. The highest BCUT2D eigenvalue weighted by Crippen LogP contribution is 2.28. The van der Waals surface area contributed by atoms with Crippen LogP contribution in [0.3, 0.4) is 0 Å². The number of ether oxygens (including phenoxy) is 1. The average Bonchev–Trinajstić information content (AvgIpc) is 2.74. The molecule has 0 aliphatic carbocycles. The number of benzene rings is 3. The van der Waals surface area contributed by atoms with Gasteiger partial charge in [-0.25, -0.2) is 8.42 Å². The number of carbonyl (C=O) groups excluding carboxylic acids is 1. The molecule has 158 valence electrons. The third-order valence-corrected chi connectivity index (χ3v) is 5.87. The number of sulfonamides is 1. The van der Waals surface area contributed by atoms with Crippen LogP contribution in [0.1, 0.15) is 5.56 Å². The Balaban J connectivity index is 1.64. The molecule has 0 spiro atoms. The first kappa shape index (κ1) is 22.4. The normalized spacial score (nSPS) is 10.7. The van der Waals surface area contributed by atoms with Crippen LogP contribution in [-0.2, 0) is 14.8 Å². The molecule has 0 aliphatic heterocycles. The summed E-state index contributed by atoms with van der Waals surface area (Å²) in [6, 6.07) is 18.5. The van der Waals surface area contributed by atoms with Crippen molar-refractivity contribution in [3.05, 3.63) is 82.3 Å². The second-order valence-corrected chi connectivity index (χ2v) is 8.76. The van der Waals surface area contributed by atoms with Crippen LogP contribution in [0, 0.1) is 11.3 Å². The highest BCUT2D eigenvalue weighted by atomic mass is 35.5. The van der Waals surface area contributed by atoms with Crippen LogP contribution in [0.25, 0.3) is 0 Å². The molecule has 2 N–H and O–H groups in total. The number of amides is 1. The lowest BCUT2D eigenvalue weighted by Gasteiger charge is -2.12. The molecule has 7 nitrogen and oxygen atoms in total. The van der Waals surface area contributed by atoms with Crippen molar-refractivity contribution in [3.8, 4) is 11.8 Å². The molecule has 0 saturated heterocycles. The highest BCUT2D eigenvalue weighted by molar-refractivity contribution is 7.92. The summed E-state index contributed by atoms with van der Waals surface area (Å²) < 4.78 is 32.9. The molecule has 3 aromatic carbocycles. The van der Waals surface area contributed by atoms with Gasteiger partial charge in [-0.2, -0.15) is 5.26 Å². The number of nitrogens with zero attached hydrogens (tertiary/aromatic N) is 1. The van der Waals surface area contributed by atoms with Gasteiger partial charge in [0.2, 0.25) is 0 Å². The third kappa shape index (κ3) is 6.12. The zero-order chi connectivity index (χ0) is 22.4. The van der Waals surface area contributed by atoms with E-state index in [1.807, 2.05) is 6.07 Å². The summed E-state index contributed by atoms with van der Waals surface area (Å²) in [7, 11) is -3.88. The summed E-state index contributed by atoms with van der Waals surface area (Å²) in [4.78, 5) is 12.0. The Labute approximate surface area is 189 Å². The minimum atomic E-state index is -3.88. The Morgan fingerprint density at radius 1 is 1.00 bits per heavy atom. The fraction of sp³-hybridized carbons (Fsp3) is 0.0476. The first-order chi connectivity index (χ1) is 14.8. The maximum Gasteiger partial charge on any atom is 0.262 e. The Kier molecular flexibility index (Phi) is 7.02. The summed E-state index contributed by atoms with van der Waals surface area (Å²) in [5.41, 5.74) is 1.21. The van der Waals surface area contributed by atoms with Crippen LogP contribution in [0.2, 0.25) is 10.0 Å². The van der Waals surface area contributed by atoms with Crippen molar-refractivity contribution in [2.75, 3.05) is 16.6 Å². The molecular weight excluding hydrogens is 461 g/mol. The molecule has 3 rings (SSSR count). The molecule has 3 aromatic rings. The maximum atomic E-state index is 12.5. The van der Waals surface area contributed by atoms with E-state index >= 15 is 0 Å². The van der Waals surface area contributed by atoms with Crippen molar-refractivity contribution < 1.29 is 17.9 Å². The molecule has 0 radical (unpaired) electrons. The number of hydrogen-bond acceptors (Lipinski definition) is 5. The summed E-state index contributed by atoms with van der Waals surface area (Å²) >= 11 is 11.9. The number of nitriles is 1. The lowest BCUT2D eigenvalue weighted by atomic mass is 10.2. The predicted molar refractivity (Wildman–Crippen MR) is 119 cm³/mol. The number of nitrogens with one attached hydrogen (secondary N) is 2. The summed E-state index contributed by atoms with van der Waals surface area (Å²) in [6.07, 6.45) is 0. The van der Waals surface area contributed by atoms with E-state index in [0.717, 1.165) is 0 Å². The molecule has 0 fully saturated rings. The van der Waals surface area contributed by atoms with Gasteiger partial charge in [-0.1, -0.05) is 29.3 Å². The number of carbonyl (C=O) groups is 1. The first-order valence-electron chi connectivity index (χ1n) is 8.77. The van der Waals surface area contributed by atoms with Gasteiger partial charge < -0.3 is 10.1 Å². The summed E-state index contributed by atoms with van der Waals surface area (Å²) in [5.74, 6) is -0.319. The van der Waals surface area contributed by atoms with E-state index in [1.165, 1.54) is 36.4 Å². The maximum absolute atomic E-state index is 12.5. The lowest BCUT2D eigenvalue weighted by molar-refractivity contribution is -0.118. The largest absolute Gasteiger partial charge is 0.482 e. The number of hydrogen-bond donors (Lipinski definition) is 2. The van der Waals surface area contributed by atoms with Crippen LogP contribution in [0.15, 0.2) is 71.6 Å². The minimum absolute atomic E-state index is 0.0262. The van der Waals surface area contributed by atoms with E-state index in [2.05, 4.69) is 10.0 Å². The van der Waals surface area contributed by atoms with Crippen molar-refractivity contribution >= 4 is 50.5 Å². The topological polar surface area (TPSA) is 108 Å². The quantitative estimate of drug-likeness (QED) is 0.515. The Bertz CT molecular complexity index is 1260. The van der Waals surface area contributed by atoms with E-state index in [1.54, 1.807) is 30.3 Å². The lowest BCUT2D eigenvalue weighted by Crippen LogP contribution is -2.20. The zero-order valence-electron chi connectivity index (χ0n) is 15.8. The molecule has 0 aliphatic rings. The molecule has 0 unspecified atom stereocenters. The second-order valence-electron chi connectivity index (χ2n) is 6.23. The molecule has 0 atom stereocenters. The van der Waals surface area contributed by atoms with Crippen molar-refractivity contribution in [3.63, 3.8) is 0 Å². The fourth-order valence-corrected chi connectivity index (χ4v) is 4.01. The van der Waals surface area contributed by atoms with Crippen LogP contribution in [-0.4, -0.2) is 20.9 Å². The van der Waals surface area contributed by atoms with Crippen LogP contribution < -0.4 is 14.8 Å². The van der Waals surface area contributed by atoms with Gasteiger partial charge in [-0.15, -0.1) is 0 Å². The van der Waals surface area contributed by atoms with Gasteiger partial charge in [0.1, 0.15) is 5.75 Å². The van der Waals surface area contributed by atoms with E-state index in [-0.39, 0.29) is 22.3 Å². The fourth-order valence-electron chi connectivity index (χ4n) is 2.50. The predicted octanol–water partition coefficient (Wildman–Crippen LogP) is 4.68. The molecule has 0 saturated carbocycles. The monoisotopic (exact) mass is 475 g/mol. The van der Waals surface area contributed by atoms with Crippen LogP contribution in [0.5, 0.6) is 5.75 Å². The number of anilines is 2. The standard InChI is InChI=1S/C21H15Cl2N3O4S/c22-15-4-6-16(7-5-15)26-31(28,29)18-8-9-20(19(23)11-18)30-13-21(27)25-17-3-1-2-14(10-17)12-24/h1-11,26H,13H2,(H,25,27). The van der Waals surface area contributed by atoms with Crippen molar-refractivity contribution in [1.29, 1.82) is 5.26 Å². The Morgan fingerprint density at radius 3 is 2.42 bits per heavy atom. The molecule has 31 heavy (non-hydrogen) atoms. The van der Waals surface area contributed by atoms with Gasteiger partial charge in [-0.05, 0) is 60.7 Å². The molecular formula is C21H15Cl2N3O4S. The van der Waals surface area contributed by atoms with Gasteiger partial charge in [0.25, 0.3) is 15.9 Å². The molecule has 0 aromatic heterocycles. The van der Waals surface area contributed by atoms with E-state index in [4.69, 9.17) is 33.2 Å².